The molecule has 2 N–H and O–H groups in total. The first-order valence-electron chi connectivity index (χ1n) is 4.44. The molecule has 1 aliphatic heterocycles. The Morgan fingerprint density at radius 1 is 1.43 bits per heavy atom. The van der Waals surface area contributed by atoms with Gasteiger partial charge in [-0.1, -0.05) is 11.6 Å². The summed E-state index contributed by atoms with van der Waals surface area (Å²) in [5, 5.41) is 0. The maximum absolute atomic E-state index is 5.64. The van der Waals surface area contributed by atoms with Crippen LogP contribution in [-0.4, -0.2) is 13.2 Å². The Balaban J connectivity index is 0.000000980. The molecular weight excluding hydrogens is 198 g/mol. The van der Waals surface area contributed by atoms with Crippen LogP contribution in [0.25, 0.3) is 5.57 Å². The van der Waals surface area contributed by atoms with E-state index in [1.807, 2.05) is 12.1 Å². The van der Waals surface area contributed by atoms with Crippen molar-refractivity contribution in [3.05, 3.63) is 35.4 Å². The van der Waals surface area contributed by atoms with E-state index in [-0.39, 0.29) is 12.4 Å². The molecule has 0 saturated heterocycles. The Hall–Kier alpha value is -0.990. The lowest BCUT2D eigenvalue weighted by Crippen LogP contribution is -2.10. The van der Waals surface area contributed by atoms with E-state index in [1.54, 1.807) is 0 Å². The first kappa shape index (κ1) is 11.1. The number of ether oxygens (including phenoxy) is 1. The number of rotatable bonds is 1. The summed E-state index contributed by atoms with van der Waals surface area (Å²) >= 11 is 0. The Morgan fingerprint density at radius 3 is 2.93 bits per heavy atom. The van der Waals surface area contributed by atoms with Gasteiger partial charge in [0.05, 0.1) is 0 Å². The lowest BCUT2D eigenvalue weighted by atomic mass is 10.0. The molecule has 0 bridgehead atoms. The van der Waals surface area contributed by atoms with Crippen LogP contribution in [0.4, 0.5) is 0 Å². The van der Waals surface area contributed by atoms with Crippen molar-refractivity contribution in [1.29, 1.82) is 0 Å². The third-order valence-electron chi connectivity index (χ3n) is 2.27. The molecule has 1 aromatic carbocycles. The summed E-state index contributed by atoms with van der Waals surface area (Å²) in [5.74, 6) is 0.952. The first-order valence-corrected chi connectivity index (χ1v) is 4.44. The zero-order valence-corrected chi connectivity index (χ0v) is 8.93. The molecule has 1 aromatic rings. The number of hydrogen-bond donors (Lipinski definition) is 1. The molecule has 1 aliphatic rings. The average Bonchev–Trinajstić information content (AvgIpc) is 2.17. The van der Waals surface area contributed by atoms with Crippen molar-refractivity contribution in [3.63, 3.8) is 0 Å². The second-order valence-corrected chi connectivity index (χ2v) is 3.24. The van der Waals surface area contributed by atoms with Gasteiger partial charge >= 0.3 is 0 Å². The topological polar surface area (TPSA) is 35.2 Å². The molecule has 0 unspecified atom stereocenters. The van der Waals surface area contributed by atoms with Gasteiger partial charge in [-0.15, -0.1) is 12.4 Å². The molecule has 0 radical (unpaired) electrons. The highest BCUT2D eigenvalue weighted by atomic mass is 35.5. The lowest BCUT2D eigenvalue weighted by Gasteiger charge is -2.17. The lowest BCUT2D eigenvalue weighted by molar-refractivity contribution is 0.357. The van der Waals surface area contributed by atoms with Crippen LogP contribution in [0.5, 0.6) is 5.75 Å². The van der Waals surface area contributed by atoms with E-state index in [1.165, 1.54) is 11.1 Å². The predicted molar refractivity (Wildman–Crippen MR) is 61.0 cm³/mol. The van der Waals surface area contributed by atoms with E-state index >= 15 is 0 Å². The Bertz CT molecular complexity index is 360. The molecule has 0 aliphatic carbocycles. The summed E-state index contributed by atoms with van der Waals surface area (Å²) in [6.07, 6.45) is 2.04. The second-order valence-electron chi connectivity index (χ2n) is 3.24. The number of fused-ring (bicyclic) bond motifs is 1. The molecular formula is C11H14ClNO. The molecule has 0 amide bonds. The molecule has 76 valence electrons. The standard InChI is InChI=1S/C11H13NO.ClH/c1-8-2-3-11-10(6-8)9(7-12)4-5-13-11;/h2-4,6H,5,7,12H2,1H3;1H. The normalized spacial score (nSPS) is 13.4. The van der Waals surface area contributed by atoms with Crippen molar-refractivity contribution < 1.29 is 4.74 Å². The van der Waals surface area contributed by atoms with Gasteiger partial charge in [-0.2, -0.15) is 0 Å². The largest absolute Gasteiger partial charge is 0.489 e. The SMILES string of the molecule is Cc1ccc2c(c1)C(CN)=CCO2.Cl. The summed E-state index contributed by atoms with van der Waals surface area (Å²) in [4.78, 5) is 0. The van der Waals surface area contributed by atoms with E-state index in [9.17, 15) is 0 Å². The van der Waals surface area contributed by atoms with Crippen LogP contribution in [0.3, 0.4) is 0 Å². The van der Waals surface area contributed by atoms with Gasteiger partial charge in [0.1, 0.15) is 12.4 Å². The van der Waals surface area contributed by atoms with Gasteiger partial charge in [-0.05, 0) is 30.7 Å². The van der Waals surface area contributed by atoms with Gasteiger partial charge in [0, 0.05) is 12.1 Å². The average molecular weight is 212 g/mol. The summed E-state index contributed by atoms with van der Waals surface area (Å²) in [7, 11) is 0. The van der Waals surface area contributed by atoms with Crippen LogP contribution in [0.1, 0.15) is 11.1 Å². The molecule has 2 nitrogen and oxygen atoms in total. The van der Waals surface area contributed by atoms with Gasteiger partial charge in [0.15, 0.2) is 0 Å². The molecule has 0 fully saturated rings. The summed E-state index contributed by atoms with van der Waals surface area (Å²) in [5.41, 5.74) is 9.22. The molecule has 3 heteroatoms. The number of benzene rings is 1. The van der Waals surface area contributed by atoms with E-state index in [2.05, 4.69) is 19.1 Å². The fraction of sp³-hybridized carbons (Fsp3) is 0.273. The van der Waals surface area contributed by atoms with Crippen molar-refractivity contribution in [2.24, 2.45) is 5.73 Å². The van der Waals surface area contributed by atoms with E-state index in [0.29, 0.717) is 13.2 Å². The van der Waals surface area contributed by atoms with E-state index < -0.39 is 0 Å². The minimum absolute atomic E-state index is 0. The Kier molecular flexibility index (Phi) is 3.55. The van der Waals surface area contributed by atoms with Gasteiger partial charge < -0.3 is 10.5 Å². The van der Waals surface area contributed by atoms with Crippen molar-refractivity contribution in [3.8, 4) is 5.75 Å². The second kappa shape index (κ2) is 4.49. The van der Waals surface area contributed by atoms with Crippen LogP contribution >= 0.6 is 12.4 Å². The fourth-order valence-electron chi connectivity index (χ4n) is 1.56. The first-order chi connectivity index (χ1) is 6.31. The molecule has 0 aromatic heterocycles. The number of nitrogens with two attached hydrogens (primary N) is 1. The summed E-state index contributed by atoms with van der Waals surface area (Å²) in [6, 6.07) is 6.18. The Morgan fingerprint density at radius 2 is 2.21 bits per heavy atom. The fourth-order valence-corrected chi connectivity index (χ4v) is 1.56. The maximum atomic E-state index is 5.64. The van der Waals surface area contributed by atoms with Crippen molar-refractivity contribution >= 4 is 18.0 Å². The number of aryl methyl sites for hydroxylation is 1. The minimum Gasteiger partial charge on any atom is -0.489 e. The van der Waals surface area contributed by atoms with Crippen LogP contribution in [-0.2, 0) is 0 Å². The highest BCUT2D eigenvalue weighted by Gasteiger charge is 2.11. The molecule has 1 heterocycles. The highest BCUT2D eigenvalue weighted by Crippen LogP contribution is 2.29. The number of hydrogen-bond acceptors (Lipinski definition) is 2. The van der Waals surface area contributed by atoms with Gasteiger partial charge in [-0.25, -0.2) is 0 Å². The predicted octanol–water partition coefficient (Wildman–Crippen LogP) is 2.15. The monoisotopic (exact) mass is 211 g/mol. The quantitative estimate of drug-likeness (QED) is 0.773. The number of halogens is 1. The van der Waals surface area contributed by atoms with Crippen LogP contribution in [0.2, 0.25) is 0 Å². The third kappa shape index (κ3) is 1.91. The maximum Gasteiger partial charge on any atom is 0.127 e. The molecule has 0 atom stereocenters. The van der Waals surface area contributed by atoms with Gasteiger partial charge in [0.2, 0.25) is 0 Å². The zero-order valence-electron chi connectivity index (χ0n) is 8.12. The molecule has 0 spiro atoms. The van der Waals surface area contributed by atoms with Crippen molar-refractivity contribution in [2.45, 2.75) is 6.92 Å². The van der Waals surface area contributed by atoms with E-state index in [0.717, 1.165) is 11.3 Å². The van der Waals surface area contributed by atoms with Crippen LogP contribution in [0, 0.1) is 6.92 Å². The van der Waals surface area contributed by atoms with Crippen molar-refractivity contribution in [2.75, 3.05) is 13.2 Å². The summed E-state index contributed by atoms with van der Waals surface area (Å²) in [6.45, 7) is 3.30. The third-order valence-corrected chi connectivity index (χ3v) is 2.27. The smallest absolute Gasteiger partial charge is 0.127 e. The summed E-state index contributed by atoms with van der Waals surface area (Å²) < 4.78 is 5.48. The zero-order chi connectivity index (χ0) is 9.26. The van der Waals surface area contributed by atoms with Crippen molar-refractivity contribution in [1.82, 2.24) is 0 Å². The van der Waals surface area contributed by atoms with Crippen LogP contribution in [0.15, 0.2) is 24.3 Å². The van der Waals surface area contributed by atoms with Gasteiger partial charge in [0.25, 0.3) is 0 Å². The molecule has 0 saturated carbocycles. The van der Waals surface area contributed by atoms with Gasteiger partial charge in [-0.3, -0.25) is 0 Å². The highest BCUT2D eigenvalue weighted by molar-refractivity contribution is 5.85. The molecule has 14 heavy (non-hydrogen) atoms. The van der Waals surface area contributed by atoms with Crippen LogP contribution < -0.4 is 10.5 Å². The Labute approximate surface area is 90.2 Å². The molecule has 2 rings (SSSR count). The van der Waals surface area contributed by atoms with E-state index in [4.69, 9.17) is 10.5 Å². The minimum atomic E-state index is 0.